The molecule has 0 radical (unpaired) electrons. The number of amides is 1. The van der Waals surface area contributed by atoms with Gasteiger partial charge in [-0.25, -0.2) is 9.97 Å². The van der Waals surface area contributed by atoms with Crippen LogP contribution in [0.1, 0.15) is 16.1 Å². The number of anilines is 2. The Balaban J connectivity index is 1.68. The van der Waals surface area contributed by atoms with Crippen molar-refractivity contribution in [1.82, 2.24) is 9.97 Å². The summed E-state index contributed by atoms with van der Waals surface area (Å²) in [5.41, 5.74) is 2.92. The Kier molecular flexibility index (Phi) is 5.92. The number of hydrogen-bond donors (Lipinski definition) is 1. The molecule has 4 rings (SSSR count). The fourth-order valence-corrected chi connectivity index (χ4v) is 4.10. The molecule has 0 fully saturated rings. The van der Waals surface area contributed by atoms with Crippen molar-refractivity contribution in [2.24, 2.45) is 0 Å². The van der Waals surface area contributed by atoms with E-state index in [0.717, 1.165) is 16.6 Å². The Morgan fingerprint density at radius 1 is 1.13 bits per heavy atom. The van der Waals surface area contributed by atoms with Gasteiger partial charge in [0.05, 0.1) is 11.4 Å². The van der Waals surface area contributed by atoms with Crippen LogP contribution in [0.25, 0.3) is 11.0 Å². The fraction of sp³-hybridized carbons (Fsp3) is 0.136. The average Bonchev–Trinajstić information content (AvgIpc) is 3.11. The maximum Gasteiger partial charge on any atom is 0.291 e. The molecule has 0 saturated carbocycles. The Morgan fingerprint density at radius 3 is 2.67 bits per heavy atom. The van der Waals surface area contributed by atoms with Gasteiger partial charge in [-0.15, -0.1) is 0 Å². The molecule has 1 amide bonds. The predicted octanol–water partition coefficient (Wildman–Crippen LogP) is 5.49. The van der Waals surface area contributed by atoms with Crippen molar-refractivity contribution in [2.45, 2.75) is 10.9 Å². The normalized spacial score (nSPS) is 10.9. The van der Waals surface area contributed by atoms with Crippen molar-refractivity contribution in [3.63, 3.8) is 0 Å². The highest BCUT2D eigenvalue weighted by molar-refractivity contribution is 7.98. The molecule has 0 aliphatic carbocycles. The second-order valence-electron chi connectivity index (χ2n) is 6.74. The molecule has 0 spiro atoms. The van der Waals surface area contributed by atoms with Crippen LogP contribution in [0, 0.1) is 0 Å². The molecule has 0 aliphatic rings. The minimum Gasteiger partial charge on any atom is -0.451 e. The van der Waals surface area contributed by atoms with Crippen LogP contribution in [0.3, 0.4) is 0 Å². The summed E-state index contributed by atoms with van der Waals surface area (Å²) in [4.78, 5) is 23.6. The second-order valence-corrected chi connectivity index (χ2v) is 8.11. The van der Waals surface area contributed by atoms with Crippen LogP contribution >= 0.6 is 23.4 Å². The summed E-state index contributed by atoms with van der Waals surface area (Å²) in [6.07, 6.45) is 3.39. The lowest BCUT2D eigenvalue weighted by Crippen LogP contribution is -2.17. The van der Waals surface area contributed by atoms with Crippen LogP contribution in [0.2, 0.25) is 5.02 Å². The highest BCUT2D eigenvalue weighted by Crippen LogP contribution is 2.33. The molecule has 152 valence electrons. The number of nitrogens with zero attached hydrogens (tertiary/aromatic N) is 3. The number of fused-ring (bicyclic) bond motifs is 1. The van der Waals surface area contributed by atoms with Gasteiger partial charge in [0.15, 0.2) is 10.9 Å². The lowest BCUT2D eigenvalue weighted by Gasteiger charge is -2.18. The number of nitrogens with one attached hydrogen (secondary N) is 1. The van der Waals surface area contributed by atoms with Crippen molar-refractivity contribution < 1.29 is 9.21 Å². The first-order valence-electron chi connectivity index (χ1n) is 9.21. The van der Waals surface area contributed by atoms with Gasteiger partial charge in [0.25, 0.3) is 5.91 Å². The van der Waals surface area contributed by atoms with Crippen LogP contribution in [-0.4, -0.2) is 30.0 Å². The molecule has 0 bridgehead atoms. The quantitative estimate of drug-likeness (QED) is 0.317. The average molecular weight is 439 g/mol. The summed E-state index contributed by atoms with van der Waals surface area (Å²) in [6.45, 7) is 0. The fourth-order valence-electron chi connectivity index (χ4n) is 3.10. The Labute approximate surface area is 183 Å². The van der Waals surface area contributed by atoms with Crippen LogP contribution in [0.4, 0.5) is 11.4 Å². The van der Waals surface area contributed by atoms with Crippen molar-refractivity contribution in [3.05, 3.63) is 77.3 Å². The third-order valence-electron chi connectivity index (χ3n) is 4.48. The number of benzene rings is 2. The Morgan fingerprint density at radius 2 is 1.90 bits per heavy atom. The van der Waals surface area contributed by atoms with Crippen LogP contribution in [-0.2, 0) is 5.75 Å². The van der Waals surface area contributed by atoms with Gasteiger partial charge in [-0.05, 0) is 30.3 Å². The van der Waals surface area contributed by atoms with Gasteiger partial charge in [-0.2, -0.15) is 0 Å². The molecule has 0 unspecified atom stereocenters. The smallest absolute Gasteiger partial charge is 0.291 e. The summed E-state index contributed by atoms with van der Waals surface area (Å²) >= 11 is 7.60. The predicted molar refractivity (Wildman–Crippen MR) is 122 cm³/mol. The van der Waals surface area contributed by atoms with E-state index in [0.29, 0.717) is 27.2 Å². The van der Waals surface area contributed by atoms with E-state index in [4.69, 9.17) is 16.0 Å². The van der Waals surface area contributed by atoms with E-state index in [9.17, 15) is 4.79 Å². The molecular formula is C22H19ClN4O2S. The molecule has 2 aromatic carbocycles. The van der Waals surface area contributed by atoms with Crippen molar-refractivity contribution in [1.29, 1.82) is 0 Å². The first kappa shape index (κ1) is 20.3. The molecule has 4 aromatic rings. The molecule has 1 N–H and O–H groups in total. The molecule has 2 heterocycles. The third kappa shape index (κ3) is 4.27. The van der Waals surface area contributed by atoms with Gasteiger partial charge in [-0.1, -0.05) is 41.6 Å². The highest BCUT2D eigenvalue weighted by Gasteiger charge is 2.22. The maximum absolute atomic E-state index is 13.2. The largest absolute Gasteiger partial charge is 0.451 e. The number of aromatic nitrogens is 2. The molecule has 0 atom stereocenters. The number of rotatable bonds is 6. The lowest BCUT2D eigenvalue weighted by atomic mass is 10.1. The van der Waals surface area contributed by atoms with E-state index in [2.05, 4.69) is 15.3 Å². The van der Waals surface area contributed by atoms with E-state index in [1.165, 1.54) is 11.8 Å². The highest BCUT2D eigenvalue weighted by atomic mass is 35.5. The molecule has 6 nitrogen and oxygen atoms in total. The number of furan rings is 1. The summed E-state index contributed by atoms with van der Waals surface area (Å²) in [5.74, 6) is 0.435. The van der Waals surface area contributed by atoms with Gasteiger partial charge in [-0.3, -0.25) is 4.79 Å². The minimum atomic E-state index is -0.332. The summed E-state index contributed by atoms with van der Waals surface area (Å²) in [6, 6.07) is 14.7. The molecule has 30 heavy (non-hydrogen) atoms. The minimum absolute atomic E-state index is 0.268. The van der Waals surface area contributed by atoms with Crippen LogP contribution in [0.5, 0.6) is 0 Å². The van der Waals surface area contributed by atoms with Gasteiger partial charge < -0.3 is 14.6 Å². The molecular weight excluding hydrogens is 420 g/mol. The summed E-state index contributed by atoms with van der Waals surface area (Å²) in [5, 5.41) is 5.02. The number of halogens is 1. The van der Waals surface area contributed by atoms with E-state index >= 15 is 0 Å². The monoisotopic (exact) mass is 438 g/mol. The third-order valence-corrected chi connectivity index (χ3v) is 5.62. The first-order valence-corrected chi connectivity index (χ1v) is 10.6. The second kappa shape index (κ2) is 8.77. The number of para-hydroxylation sites is 1. The van der Waals surface area contributed by atoms with Gasteiger partial charge in [0.1, 0.15) is 5.58 Å². The van der Waals surface area contributed by atoms with E-state index in [1.54, 1.807) is 30.6 Å². The topological polar surface area (TPSA) is 71.3 Å². The summed E-state index contributed by atoms with van der Waals surface area (Å²) < 4.78 is 5.94. The lowest BCUT2D eigenvalue weighted by molar-refractivity contribution is 0.0998. The van der Waals surface area contributed by atoms with Crippen molar-refractivity contribution >= 4 is 51.6 Å². The number of carbonyl (C=O) groups is 1. The molecule has 0 saturated heterocycles. The Hall–Kier alpha value is -3.03. The van der Waals surface area contributed by atoms with E-state index in [1.807, 2.05) is 49.3 Å². The zero-order valence-electron chi connectivity index (χ0n) is 16.4. The zero-order valence-corrected chi connectivity index (χ0v) is 18.0. The first-order chi connectivity index (χ1) is 14.5. The maximum atomic E-state index is 13.2. The molecule has 2 aromatic heterocycles. The van der Waals surface area contributed by atoms with Gasteiger partial charge in [0, 0.05) is 48.2 Å². The number of carbonyl (C=O) groups excluding carboxylic acids is 1. The van der Waals surface area contributed by atoms with E-state index in [-0.39, 0.29) is 11.7 Å². The van der Waals surface area contributed by atoms with Crippen molar-refractivity contribution in [2.75, 3.05) is 24.3 Å². The number of thioether (sulfide) groups is 1. The Bertz CT molecular complexity index is 1190. The zero-order chi connectivity index (χ0) is 21.1. The molecule has 0 aliphatic heterocycles. The van der Waals surface area contributed by atoms with E-state index < -0.39 is 0 Å². The molecule has 8 heteroatoms. The van der Waals surface area contributed by atoms with Gasteiger partial charge in [0.2, 0.25) is 0 Å². The standard InChI is InChI=1S/C22H19ClN4O2S/c1-27(2)18-9-8-14(23)12-17(18)26-21(28)20-16(13-30-22-24-10-5-11-25-22)15-6-3-4-7-19(15)29-20/h3-12H,13H2,1-2H3,(H,26,28). The van der Waals surface area contributed by atoms with Gasteiger partial charge >= 0.3 is 0 Å². The number of hydrogen-bond acceptors (Lipinski definition) is 6. The van der Waals surface area contributed by atoms with Crippen LogP contribution in [0.15, 0.2) is 70.5 Å². The van der Waals surface area contributed by atoms with Crippen LogP contribution < -0.4 is 10.2 Å². The SMILES string of the molecule is CN(C)c1ccc(Cl)cc1NC(=O)c1oc2ccccc2c1CSc1ncccn1. The van der Waals surface area contributed by atoms with Crippen molar-refractivity contribution in [3.8, 4) is 0 Å². The summed E-state index contributed by atoms with van der Waals surface area (Å²) in [7, 11) is 3.81.